The fourth-order valence-corrected chi connectivity index (χ4v) is 3.68. The Bertz CT molecular complexity index is 1400. The van der Waals surface area contributed by atoms with E-state index in [0.29, 0.717) is 18.1 Å². The molecule has 6 heteroatoms. The molecule has 0 bridgehead atoms. The highest BCUT2D eigenvalue weighted by molar-refractivity contribution is 5.76. The van der Waals surface area contributed by atoms with Gasteiger partial charge in [-0.25, -0.2) is 18.4 Å². The minimum absolute atomic E-state index is 0.155. The average Bonchev–Trinajstić information content (AvgIpc) is 3.31. The Morgan fingerprint density at radius 3 is 2.37 bits per heavy atom. The second-order valence-electron chi connectivity index (χ2n) is 8.05. The zero-order valence-electron chi connectivity index (χ0n) is 17.3. The molecule has 5 aromatic rings. The van der Waals surface area contributed by atoms with Crippen LogP contribution in [0.2, 0.25) is 0 Å². The normalized spacial score (nSPS) is 11.7. The van der Waals surface area contributed by atoms with Crippen LogP contribution in [0.3, 0.4) is 0 Å². The van der Waals surface area contributed by atoms with E-state index in [1.807, 2.05) is 37.3 Å². The van der Waals surface area contributed by atoms with Crippen molar-refractivity contribution in [2.75, 3.05) is 0 Å². The molecule has 0 atom stereocenters. The van der Waals surface area contributed by atoms with Gasteiger partial charge < -0.3 is 0 Å². The molecular formula is C24H23N5O. The predicted octanol–water partition coefficient (Wildman–Crippen LogP) is 4.29. The predicted molar refractivity (Wildman–Crippen MR) is 118 cm³/mol. The lowest BCUT2D eigenvalue weighted by Gasteiger charge is -2.05. The standard InChI is InChI=1S/C24H23N5O/c1-16(2)19-8-10-20(11-9-19)21-14-22-23-26-29(15-18-6-4-17(3)5-7-18)24(30)27(23)12-13-28(22)25-21/h4-14,16H,15H2,1-3H3. The van der Waals surface area contributed by atoms with Gasteiger partial charge in [-0.3, -0.25) is 0 Å². The molecule has 0 aliphatic heterocycles. The highest BCUT2D eigenvalue weighted by Gasteiger charge is 2.14. The summed E-state index contributed by atoms with van der Waals surface area (Å²) in [4.78, 5) is 12.9. The first-order valence-electron chi connectivity index (χ1n) is 10.1. The van der Waals surface area contributed by atoms with Gasteiger partial charge in [0.05, 0.1) is 12.2 Å². The van der Waals surface area contributed by atoms with Crippen LogP contribution in [0.25, 0.3) is 22.4 Å². The smallest absolute Gasteiger partial charge is 0.247 e. The van der Waals surface area contributed by atoms with Crippen LogP contribution in [0, 0.1) is 6.92 Å². The SMILES string of the molecule is Cc1ccc(Cn2nc3c4cc(-c5ccc(C(C)C)cc5)nn4ccn3c2=O)cc1. The maximum Gasteiger partial charge on any atom is 0.350 e. The van der Waals surface area contributed by atoms with Crippen molar-refractivity contribution in [2.45, 2.75) is 33.2 Å². The Balaban J connectivity index is 1.57. The molecule has 0 unspecified atom stereocenters. The van der Waals surface area contributed by atoms with Crippen molar-refractivity contribution in [3.8, 4) is 11.3 Å². The van der Waals surface area contributed by atoms with Gasteiger partial charge in [-0.1, -0.05) is 67.9 Å². The summed E-state index contributed by atoms with van der Waals surface area (Å²) in [5.41, 5.74) is 6.69. The molecule has 2 aromatic carbocycles. The van der Waals surface area contributed by atoms with E-state index < -0.39 is 0 Å². The molecule has 3 heterocycles. The number of hydrogen-bond donors (Lipinski definition) is 0. The van der Waals surface area contributed by atoms with Crippen LogP contribution < -0.4 is 5.69 Å². The van der Waals surface area contributed by atoms with Gasteiger partial charge >= 0.3 is 5.69 Å². The number of rotatable bonds is 4. The van der Waals surface area contributed by atoms with Crippen molar-refractivity contribution in [1.82, 2.24) is 23.8 Å². The zero-order valence-corrected chi connectivity index (χ0v) is 17.3. The monoisotopic (exact) mass is 397 g/mol. The third kappa shape index (κ3) is 3.10. The molecule has 0 fully saturated rings. The molecule has 0 N–H and O–H groups in total. The van der Waals surface area contributed by atoms with E-state index in [1.165, 1.54) is 15.8 Å². The van der Waals surface area contributed by atoms with E-state index in [9.17, 15) is 4.79 Å². The van der Waals surface area contributed by atoms with E-state index in [1.54, 1.807) is 21.3 Å². The van der Waals surface area contributed by atoms with E-state index in [0.717, 1.165) is 22.3 Å². The van der Waals surface area contributed by atoms with Gasteiger partial charge in [0, 0.05) is 18.0 Å². The fraction of sp³-hybridized carbons (Fsp3) is 0.208. The second-order valence-corrected chi connectivity index (χ2v) is 8.05. The molecule has 0 spiro atoms. The van der Waals surface area contributed by atoms with Gasteiger partial charge in [0.1, 0.15) is 5.52 Å². The van der Waals surface area contributed by atoms with Gasteiger partial charge in [-0.05, 0) is 30.0 Å². The molecule has 3 aromatic heterocycles. The summed E-state index contributed by atoms with van der Waals surface area (Å²) in [7, 11) is 0. The number of aromatic nitrogens is 5. The van der Waals surface area contributed by atoms with Gasteiger partial charge in [0.25, 0.3) is 0 Å². The van der Waals surface area contributed by atoms with E-state index in [-0.39, 0.29) is 5.69 Å². The summed E-state index contributed by atoms with van der Waals surface area (Å²) in [5.74, 6) is 0.490. The van der Waals surface area contributed by atoms with Crippen LogP contribution >= 0.6 is 0 Å². The largest absolute Gasteiger partial charge is 0.350 e. The third-order valence-corrected chi connectivity index (χ3v) is 5.52. The minimum atomic E-state index is -0.155. The van der Waals surface area contributed by atoms with Crippen molar-refractivity contribution >= 4 is 11.2 Å². The third-order valence-electron chi connectivity index (χ3n) is 5.52. The van der Waals surface area contributed by atoms with Crippen LogP contribution in [0.4, 0.5) is 0 Å². The lowest BCUT2D eigenvalue weighted by molar-refractivity contribution is 0.659. The first kappa shape index (κ1) is 18.4. The maximum absolute atomic E-state index is 12.9. The van der Waals surface area contributed by atoms with Gasteiger partial charge in [-0.2, -0.15) is 5.10 Å². The molecule has 0 saturated carbocycles. The molecule has 30 heavy (non-hydrogen) atoms. The van der Waals surface area contributed by atoms with Crippen LogP contribution in [-0.2, 0) is 6.54 Å². The first-order chi connectivity index (χ1) is 14.5. The van der Waals surface area contributed by atoms with Gasteiger partial charge in [0.15, 0.2) is 5.65 Å². The maximum atomic E-state index is 12.9. The molecule has 150 valence electrons. The Morgan fingerprint density at radius 1 is 0.933 bits per heavy atom. The molecule has 0 saturated heterocycles. The van der Waals surface area contributed by atoms with Crippen molar-refractivity contribution in [3.63, 3.8) is 0 Å². The number of hydrogen-bond acceptors (Lipinski definition) is 3. The average molecular weight is 397 g/mol. The van der Waals surface area contributed by atoms with E-state index in [2.05, 4.69) is 43.2 Å². The summed E-state index contributed by atoms with van der Waals surface area (Å²) in [6.07, 6.45) is 3.52. The molecule has 0 aliphatic carbocycles. The highest BCUT2D eigenvalue weighted by atomic mass is 16.2. The summed E-state index contributed by atoms with van der Waals surface area (Å²) in [5, 5.41) is 9.30. The topological polar surface area (TPSA) is 56.6 Å². The zero-order chi connectivity index (χ0) is 20.8. The second kappa shape index (κ2) is 6.99. The first-order valence-corrected chi connectivity index (χ1v) is 10.1. The number of benzene rings is 2. The summed E-state index contributed by atoms with van der Waals surface area (Å²) >= 11 is 0. The summed E-state index contributed by atoms with van der Waals surface area (Å²) in [6, 6.07) is 18.6. The Labute approximate surface area is 174 Å². The molecule has 0 aliphatic rings. The van der Waals surface area contributed by atoms with Gasteiger partial charge in [-0.15, -0.1) is 5.10 Å². The van der Waals surface area contributed by atoms with Crippen molar-refractivity contribution in [1.29, 1.82) is 0 Å². The van der Waals surface area contributed by atoms with Crippen molar-refractivity contribution in [3.05, 3.63) is 94.2 Å². The molecule has 0 radical (unpaired) electrons. The lowest BCUT2D eigenvalue weighted by Crippen LogP contribution is -2.21. The van der Waals surface area contributed by atoms with Gasteiger partial charge in [0.2, 0.25) is 0 Å². The lowest BCUT2D eigenvalue weighted by atomic mass is 10.0. The van der Waals surface area contributed by atoms with Crippen molar-refractivity contribution < 1.29 is 0 Å². The number of fused-ring (bicyclic) bond motifs is 3. The Morgan fingerprint density at radius 2 is 1.67 bits per heavy atom. The molecule has 6 nitrogen and oxygen atoms in total. The molecule has 0 amide bonds. The number of nitrogens with zero attached hydrogens (tertiary/aromatic N) is 5. The highest BCUT2D eigenvalue weighted by Crippen LogP contribution is 2.24. The summed E-state index contributed by atoms with van der Waals surface area (Å²) in [6.45, 7) is 6.85. The van der Waals surface area contributed by atoms with Crippen LogP contribution in [0.15, 0.2) is 71.8 Å². The summed E-state index contributed by atoms with van der Waals surface area (Å²) < 4.78 is 4.87. The van der Waals surface area contributed by atoms with Crippen molar-refractivity contribution in [2.24, 2.45) is 0 Å². The quantitative estimate of drug-likeness (QED) is 0.455. The minimum Gasteiger partial charge on any atom is -0.247 e. The van der Waals surface area contributed by atoms with Crippen LogP contribution in [0.1, 0.15) is 36.5 Å². The van der Waals surface area contributed by atoms with Crippen LogP contribution in [-0.4, -0.2) is 23.8 Å². The van der Waals surface area contributed by atoms with E-state index >= 15 is 0 Å². The number of aryl methyl sites for hydroxylation is 1. The Hall–Kier alpha value is -3.67. The molecule has 5 rings (SSSR count). The Kier molecular flexibility index (Phi) is 4.28. The van der Waals surface area contributed by atoms with Crippen LogP contribution in [0.5, 0.6) is 0 Å². The fourth-order valence-electron chi connectivity index (χ4n) is 3.68. The van der Waals surface area contributed by atoms with E-state index in [4.69, 9.17) is 5.10 Å². The molecular weight excluding hydrogens is 374 g/mol.